The molecule has 0 aliphatic heterocycles. The highest BCUT2D eigenvalue weighted by molar-refractivity contribution is 5.81. The molecule has 3 N–H and O–H groups in total. The summed E-state index contributed by atoms with van der Waals surface area (Å²) >= 11 is 0. The molecule has 0 unspecified atom stereocenters. The lowest BCUT2D eigenvalue weighted by atomic mass is 10.1. The molecule has 4 nitrogen and oxygen atoms in total. The molecule has 0 aromatic heterocycles. The average Bonchev–Trinajstić information content (AvgIpc) is 2.20. The third kappa shape index (κ3) is 4.37. The van der Waals surface area contributed by atoms with E-state index in [1.807, 2.05) is 24.3 Å². The molecule has 1 aromatic carbocycles. The fourth-order valence-electron chi connectivity index (χ4n) is 1.13. The van der Waals surface area contributed by atoms with Gasteiger partial charge in [-0.3, -0.25) is 4.79 Å². The molecule has 0 atom stereocenters. The molecular formula is C11H15N3O. The fraction of sp³-hybridized carbons (Fsp3) is 0.273. The second kappa shape index (κ2) is 5.93. The van der Waals surface area contributed by atoms with Gasteiger partial charge in [0.2, 0.25) is 5.91 Å². The van der Waals surface area contributed by atoms with Crippen LogP contribution in [0.1, 0.15) is 18.1 Å². The minimum atomic E-state index is -0.175. The number of hydrogen-bond acceptors (Lipinski definition) is 3. The van der Waals surface area contributed by atoms with E-state index in [0.717, 1.165) is 12.0 Å². The Hall–Kier alpha value is -1.68. The Morgan fingerprint density at radius 2 is 2.13 bits per heavy atom. The van der Waals surface area contributed by atoms with Crippen molar-refractivity contribution in [1.82, 2.24) is 5.43 Å². The third-order valence-corrected chi connectivity index (χ3v) is 1.85. The molecule has 0 saturated heterocycles. The number of rotatable bonds is 4. The van der Waals surface area contributed by atoms with Crippen molar-refractivity contribution in [3.8, 4) is 0 Å². The summed E-state index contributed by atoms with van der Waals surface area (Å²) in [7, 11) is 0. The fourth-order valence-corrected chi connectivity index (χ4v) is 1.13. The van der Waals surface area contributed by atoms with Crippen molar-refractivity contribution < 1.29 is 4.79 Å². The second-order valence-electron chi connectivity index (χ2n) is 3.21. The zero-order chi connectivity index (χ0) is 11.1. The van der Waals surface area contributed by atoms with Gasteiger partial charge in [0.15, 0.2) is 0 Å². The SMILES string of the molecule is CC(=O)N/N=C/c1ccc(CCN)cc1. The normalized spacial score (nSPS) is 10.5. The van der Waals surface area contributed by atoms with Gasteiger partial charge in [-0.2, -0.15) is 5.10 Å². The summed E-state index contributed by atoms with van der Waals surface area (Å²) in [5.74, 6) is -0.175. The average molecular weight is 205 g/mol. The number of benzene rings is 1. The number of hydrazone groups is 1. The van der Waals surface area contributed by atoms with Crippen molar-refractivity contribution in [1.29, 1.82) is 0 Å². The van der Waals surface area contributed by atoms with Gasteiger partial charge in [-0.25, -0.2) is 5.43 Å². The highest BCUT2D eigenvalue weighted by Crippen LogP contribution is 2.02. The smallest absolute Gasteiger partial charge is 0.236 e. The maximum Gasteiger partial charge on any atom is 0.236 e. The first-order chi connectivity index (χ1) is 7.22. The van der Waals surface area contributed by atoms with E-state index in [4.69, 9.17) is 5.73 Å². The third-order valence-electron chi connectivity index (χ3n) is 1.85. The minimum Gasteiger partial charge on any atom is -0.330 e. The molecule has 0 saturated carbocycles. The van der Waals surface area contributed by atoms with E-state index in [0.29, 0.717) is 6.54 Å². The number of nitrogens with one attached hydrogen (secondary N) is 1. The maximum absolute atomic E-state index is 10.5. The van der Waals surface area contributed by atoms with Crippen LogP contribution in [0.15, 0.2) is 29.4 Å². The lowest BCUT2D eigenvalue weighted by molar-refractivity contribution is -0.118. The number of carbonyl (C=O) groups is 1. The van der Waals surface area contributed by atoms with Crippen molar-refractivity contribution in [2.75, 3.05) is 6.54 Å². The summed E-state index contributed by atoms with van der Waals surface area (Å²) in [6.07, 6.45) is 2.48. The van der Waals surface area contributed by atoms with E-state index < -0.39 is 0 Å². The molecule has 4 heteroatoms. The topological polar surface area (TPSA) is 67.5 Å². The van der Waals surface area contributed by atoms with Gasteiger partial charge in [-0.15, -0.1) is 0 Å². The van der Waals surface area contributed by atoms with Crippen LogP contribution in [-0.4, -0.2) is 18.7 Å². The Morgan fingerprint density at radius 1 is 1.47 bits per heavy atom. The highest BCUT2D eigenvalue weighted by Gasteiger charge is 1.91. The summed E-state index contributed by atoms with van der Waals surface area (Å²) in [5, 5.41) is 3.77. The summed E-state index contributed by atoms with van der Waals surface area (Å²) in [6, 6.07) is 7.89. The number of nitrogens with two attached hydrogens (primary N) is 1. The van der Waals surface area contributed by atoms with Crippen molar-refractivity contribution in [2.45, 2.75) is 13.3 Å². The summed E-state index contributed by atoms with van der Waals surface area (Å²) in [4.78, 5) is 10.5. The molecule has 1 amide bonds. The van der Waals surface area contributed by atoms with E-state index in [-0.39, 0.29) is 5.91 Å². The van der Waals surface area contributed by atoms with E-state index in [2.05, 4.69) is 10.5 Å². The molecule has 1 aromatic rings. The molecule has 0 spiro atoms. The van der Waals surface area contributed by atoms with Crippen molar-refractivity contribution in [3.63, 3.8) is 0 Å². The van der Waals surface area contributed by atoms with Gasteiger partial charge < -0.3 is 5.73 Å². The predicted molar refractivity (Wildman–Crippen MR) is 60.6 cm³/mol. The van der Waals surface area contributed by atoms with E-state index >= 15 is 0 Å². The highest BCUT2D eigenvalue weighted by atomic mass is 16.2. The van der Waals surface area contributed by atoms with Gasteiger partial charge >= 0.3 is 0 Å². The molecule has 0 fully saturated rings. The molecule has 0 radical (unpaired) electrons. The summed E-state index contributed by atoms with van der Waals surface area (Å²) < 4.78 is 0. The Kier molecular flexibility index (Phi) is 4.50. The summed E-state index contributed by atoms with van der Waals surface area (Å²) in [5.41, 5.74) is 9.93. The van der Waals surface area contributed by atoms with E-state index in [1.165, 1.54) is 12.5 Å². The van der Waals surface area contributed by atoms with Gasteiger partial charge in [0.05, 0.1) is 6.21 Å². The summed E-state index contributed by atoms with van der Waals surface area (Å²) in [6.45, 7) is 2.07. The van der Waals surface area contributed by atoms with Crippen LogP contribution in [-0.2, 0) is 11.2 Å². The number of nitrogens with zero attached hydrogens (tertiary/aromatic N) is 1. The van der Waals surface area contributed by atoms with Crippen LogP contribution in [0.5, 0.6) is 0 Å². The van der Waals surface area contributed by atoms with Gasteiger partial charge in [0, 0.05) is 6.92 Å². The van der Waals surface area contributed by atoms with Crippen molar-refractivity contribution in [2.24, 2.45) is 10.8 Å². The number of hydrogen-bond donors (Lipinski definition) is 2. The molecule has 0 aliphatic rings. The standard InChI is InChI=1S/C11H15N3O/c1-9(15)14-13-8-11-4-2-10(3-5-11)6-7-12/h2-5,8H,6-7,12H2,1H3,(H,14,15)/b13-8+. The van der Waals surface area contributed by atoms with Gasteiger partial charge in [-0.05, 0) is 24.1 Å². The quantitative estimate of drug-likeness (QED) is 0.560. The molecular weight excluding hydrogens is 190 g/mol. The number of amides is 1. The van der Waals surface area contributed by atoms with Crippen LogP contribution >= 0.6 is 0 Å². The molecule has 80 valence electrons. The van der Waals surface area contributed by atoms with E-state index in [9.17, 15) is 4.79 Å². The lowest BCUT2D eigenvalue weighted by Crippen LogP contribution is -2.12. The van der Waals surface area contributed by atoms with Crippen LogP contribution < -0.4 is 11.2 Å². The number of carbonyl (C=O) groups excluding carboxylic acids is 1. The Balaban J connectivity index is 2.56. The second-order valence-corrected chi connectivity index (χ2v) is 3.21. The van der Waals surface area contributed by atoms with Gasteiger partial charge in [0.1, 0.15) is 0 Å². The predicted octanol–water partition coefficient (Wildman–Crippen LogP) is 0.658. The molecule has 1 rings (SSSR count). The Labute approximate surface area is 89.2 Å². The largest absolute Gasteiger partial charge is 0.330 e. The molecule has 0 heterocycles. The first-order valence-electron chi connectivity index (χ1n) is 4.81. The molecule has 0 bridgehead atoms. The van der Waals surface area contributed by atoms with Crippen molar-refractivity contribution in [3.05, 3.63) is 35.4 Å². The zero-order valence-corrected chi connectivity index (χ0v) is 8.73. The zero-order valence-electron chi connectivity index (χ0n) is 8.73. The lowest BCUT2D eigenvalue weighted by Gasteiger charge is -1.98. The van der Waals surface area contributed by atoms with Gasteiger partial charge in [-0.1, -0.05) is 24.3 Å². The van der Waals surface area contributed by atoms with Gasteiger partial charge in [0.25, 0.3) is 0 Å². The minimum absolute atomic E-state index is 0.175. The maximum atomic E-state index is 10.5. The van der Waals surface area contributed by atoms with Crippen molar-refractivity contribution >= 4 is 12.1 Å². The molecule has 15 heavy (non-hydrogen) atoms. The first kappa shape index (κ1) is 11.4. The van der Waals surface area contributed by atoms with E-state index in [1.54, 1.807) is 6.21 Å². The molecule has 0 aliphatic carbocycles. The van der Waals surface area contributed by atoms with Crippen LogP contribution in [0.25, 0.3) is 0 Å². The van der Waals surface area contributed by atoms with Crippen LogP contribution in [0, 0.1) is 0 Å². The van der Waals surface area contributed by atoms with Crippen LogP contribution in [0.4, 0.5) is 0 Å². The van der Waals surface area contributed by atoms with Crippen LogP contribution in [0.2, 0.25) is 0 Å². The van der Waals surface area contributed by atoms with Crippen LogP contribution in [0.3, 0.4) is 0 Å². The monoisotopic (exact) mass is 205 g/mol. The Morgan fingerprint density at radius 3 is 2.67 bits per heavy atom. The Bertz CT molecular complexity index is 343. The first-order valence-corrected chi connectivity index (χ1v) is 4.81.